The zero-order valence-corrected chi connectivity index (χ0v) is 13.8. The van der Waals surface area contributed by atoms with E-state index in [1.807, 2.05) is 12.1 Å². The van der Waals surface area contributed by atoms with Crippen LogP contribution in [0.5, 0.6) is 11.5 Å². The second-order valence-electron chi connectivity index (χ2n) is 6.34. The Morgan fingerprint density at radius 3 is 3.04 bits per heavy atom. The molecule has 1 aromatic carbocycles. The highest BCUT2D eigenvalue weighted by Crippen LogP contribution is 2.33. The van der Waals surface area contributed by atoms with Crippen LogP contribution in [0.25, 0.3) is 0 Å². The van der Waals surface area contributed by atoms with Gasteiger partial charge in [-0.1, -0.05) is 13.0 Å². The second-order valence-corrected chi connectivity index (χ2v) is 6.34. The fourth-order valence-corrected chi connectivity index (χ4v) is 3.33. The second kappa shape index (κ2) is 6.28. The lowest BCUT2D eigenvalue weighted by atomic mass is 10.1. The van der Waals surface area contributed by atoms with Gasteiger partial charge in [-0.2, -0.15) is 0 Å². The molecule has 1 aromatic heterocycles. The molecule has 2 aliphatic rings. The van der Waals surface area contributed by atoms with E-state index in [0.29, 0.717) is 13.3 Å². The van der Waals surface area contributed by atoms with Crippen molar-refractivity contribution in [3.63, 3.8) is 0 Å². The molecule has 3 heterocycles. The number of H-pyrrole nitrogens is 1. The van der Waals surface area contributed by atoms with Crippen LogP contribution in [-0.2, 0) is 25.9 Å². The van der Waals surface area contributed by atoms with Crippen molar-refractivity contribution in [2.45, 2.75) is 39.3 Å². The molecule has 0 amide bonds. The molecular formula is C18H21N3O3. The Hall–Kier alpha value is -2.34. The summed E-state index contributed by atoms with van der Waals surface area (Å²) >= 11 is 0. The normalized spacial score (nSPS) is 16.2. The van der Waals surface area contributed by atoms with Gasteiger partial charge in [0.1, 0.15) is 5.82 Å². The zero-order chi connectivity index (χ0) is 16.5. The van der Waals surface area contributed by atoms with Gasteiger partial charge in [-0.3, -0.25) is 9.69 Å². The van der Waals surface area contributed by atoms with Crippen LogP contribution >= 0.6 is 0 Å². The molecule has 0 atom stereocenters. The van der Waals surface area contributed by atoms with Crippen LogP contribution in [0.3, 0.4) is 0 Å². The van der Waals surface area contributed by atoms with Gasteiger partial charge in [-0.25, -0.2) is 4.98 Å². The Bertz CT molecular complexity index is 816. The van der Waals surface area contributed by atoms with Crippen molar-refractivity contribution in [3.05, 3.63) is 51.2 Å². The Kier molecular flexibility index (Phi) is 3.98. The third kappa shape index (κ3) is 2.89. The standard InChI is InChI=1S/C18H21N3O3/c1-2-3-17-19-14-10-21(7-6-13(14)18(22)20-17)9-12-4-5-15-16(8-12)24-11-23-15/h4-5,8H,2-3,6-7,9-11H2,1H3,(H,19,20,22). The SMILES string of the molecule is CCCc1nc2c(c(=O)[nH]1)CCN(Cc1ccc3c(c1)OCO3)C2. The lowest BCUT2D eigenvalue weighted by Gasteiger charge is -2.27. The zero-order valence-electron chi connectivity index (χ0n) is 13.8. The van der Waals surface area contributed by atoms with Crippen molar-refractivity contribution in [3.8, 4) is 11.5 Å². The molecule has 6 nitrogen and oxygen atoms in total. The molecular weight excluding hydrogens is 306 g/mol. The highest BCUT2D eigenvalue weighted by atomic mass is 16.7. The number of aryl methyl sites for hydroxylation is 1. The number of rotatable bonds is 4. The summed E-state index contributed by atoms with van der Waals surface area (Å²) in [6, 6.07) is 6.06. The van der Waals surface area contributed by atoms with Crippen molar-refractivity contribution in [1.29, 1.82) is 0 Å². The van der Waals surface area contributed by atoms with Crippen LogP contribution in [-0.4, -0.2) is 28.2 Å². The summed E-state index contributed by atoms with van der Waals surface area (Å²) in [5, 5.41) is 0. The molecule has 2 aromatic rings. The minimum Gasteiger partial charge on any atom is -0.454 e. The number of nitrogens with zero attached hydrogens (tertiary/aromatic N) is 2. The molecule has 0 radical (unpaired) electrons. The van der Waals surface area contributed by atoms with E-state index < -0.39 is 0 Å². The van der Waals surface area contributed by atoms with Gasteiger partial charge in [0.25, 0.3) is 5.56 Å². The fourth-order valence-electron chi connectivity index (χ4n) is 3.33. The van der Waals surface area contributed by atoms with Crippen molar-refractivity contribution in [2.75, 3.05) is 13.3 Å². The van der Waals surface area contributed by atoms with Gasteiger partial charge in [0, 0.05) is 31.6 Å². The summed E-state index contributed by atoms with van der Waals surface area (Å²) in [5.74, 6) is 2.41. The summed E-state index contributed by atoms with van der Waals surface area (Å²) < 4.78 is 10.8. The molecule has 1 N–H and O–H groups in total. The highest BCUT2D eigenvalue weighted by Gasteiger charge is 2.22. The molecule has 0 unspecified atom stereocenters. The largest absolute Gasteiger partial charge is 0.454 e. The summed E-state index contributed by atoms with van der Waals surface area (Å²) in [6.07, 6.45) is 2.53. The van der Waals surface area contributed by atoms with Crippen LogP contribution in [0, 0.1) is 0 Å². The Balaban J connectivity index is 1.52. The number of aromatic amines is 1. The average molecular weight is 327 g/mol. The van der Waals surface area contributed by atoms with E-state index in [4.69, 9.17) is 9.47 Å². The number of benzene rings is 1. The Morgan fingerprint density at radius 1 is 1.29 bits per heavy atom. The first-order valence-corrected chi connectivity index (χ1v) is 8.44. The third-order valence-corrected chi connectivity index (χ3v) is 4.53. The van der Waals surface area contributed by atoms with E-state index in [1.165, 1.54) is 5.56 Å². The molecule has 0 spiro atoms. The molecule has 0 saturated heterocycles. The van der Waals surface area contributed by atoms with Crippen LogP contribution < -0.4 is 15.0 Å². The predicted molar refractivity (Wildman–Crippen MR) is 89.2 cm³/mol. The first kappa shape index (κ1) is 15.2. The van der Waals surface area contributed by atoms with Gasteiger partial charge >= 0.3 is 0 Å². The monoisotopic (exact) mass is 327 g/mol. The average Bonchev–Trinajstić information content (AvgIpc) is 3.02. The minimum atomic E-state index is 0.0335. The van der Waals surface area contributed by atoms with Gasteiger partial charge in [-0.15, -0.1) is 0 Å². The van der Waals surface area contributed by atoms with Crippen LogP contribution in [0.4, 0.5) is 0 Å². The van der Waals surface area contributed by atoms with Crippen LogP contribution in [0.15, 0.2) is 23.0 Å². The summed E-state index contributed by atoms with van der Waals surface area (Å²) in [4.78, 5) is 22.1. The van der Waals surface area contributed by atoms with Crippen molar-refractivity contribution in [1.82, 2.24) is 14.9 Å². The molecule has 126 valence electrons. The maximum atomic E-state index is 12.2. The van der Waals surface area contributed by atoms with Gasteiger partial charge in [0.2, 0.25) is 6.79 Å². The predicted octanol–water partition coefficient (Wildman–Crippen LogP) is 2.01. The van der Waals surface area contributed by atoms with E-state index in [2.05, 4.69) is 27.9 Å². The minimum absolute atomic E-state index is 0.0335. The smallest absolute Gasteiger partial charge is 0.254 e. The van der Waals surface area contributed by atoms with Crippen LogP contribution in [0.2, 0.25) is 0 Å². The third-order valence-electron chi connectivity index (χ3n) is 4.53. The maximum Gasteiger partial charge on any atom is 0.254 e. The Labute approximate surface area is 140 Å². The van der Waals surface area contributed by atoms with Gasteiger partial charge in [0.05, 0.1) is 5.69 Å². The summed E-state index contributed by atoms with van der Waals surface area (Å²) in [6.45, 7) is 4.77. The van der Waals surface area contributed by atoms with E-state index in [9.17, 15) is 4.79 Å². The maximum absolute atomic E-state index is 12.2. The van der Waals surface area contributed by atoms with Gasteiger partial charge in [-0.05, 0) is 30.5 Å². The van der Waals surface area contributed by atoms with E-state index >= 15 is 0 Å². The quantitative estimate of drug-likeness (QED) is 0.930. The van der Waals surface area contributed by atoms with Crippen molar-refractivity contribution < 1.29 is 9.47 Å². The molecule has 6 heteroatoms. The number of nitrogens with one attached hydrogen (secondary N) is 1. The Morgan fingerprint density at radius 2 is 2.17 bits per heavy atom. The lowest BCUT2D eigenvalue weighted by Crippen LogP contribution is -2.35. The molecule has 4 rings (SSSR count). The number of hydrogen-bond acceptors (Lipinski definition) is 5. The molecule has 0 aliphatic carbocycles. The van der Waals surface area contributed by atoms with Crippen LogP contribution in [0.1, 0.15) is 36.0 Å². The highest BCUT2D eigenvalue weighted by molar-refractivity contribution is 5.44. The van der Waals surface area contributed by atoms with E-state index in [-0.39, 0.29) is 5.56 Å². The van der Waals surface area contributed by atoms with Gasteiger partial charge < -0.3 is 14.5 Å². The molecule has 0 bridgehead atoms. The fraction of sp³-hybridized carbons (Fsp3) is 0.444. The number of fused-ring (bicyclic) bond motifs is 2. The number of ether oxygens (including phenoxy) is 2. The summed E-state index contributed by atoms with van der Waals surface area (Å²) in [5.41, 5.74) is 2.98. The molecule has 0 saturated carbocycles. The van der Waals surface area contributed by atoms with Gasteiger partial charge in [0.15, 0.2) is 11.5 Å². The lowest BCUT2D eigenvalue weighted by molar-refractivity contribution is 0.174. The van der Waals surface area contributed by atoms with Crippen molar-refractivity contribution in [2.24, 2.45) is 0 Å². The molecule has 0 fully saturated rings. The number of aromatic nitrogens is 2. The first-order valence-electron chi connectivity index (χ1n) is 8.44. The first-order chi connectivity index (χ1) is 11.7. The number of hydrogen-bond donors (Lipinski definition) is 1. The topological polar surface area (TPSA) is 67.5 Å². The molecule has 2 aliphatic heterocycles. The summed E-state index contributed by atoms with van der Waals surface area (Å²) in [7, 11) is 0. The van der Waals surface area contributed by atoms with Crippen molar-refractivity contribution >= 4 is 0 Å². The van der Waals surface area contributed by atoms with E-state index in [0.717, 1.165) is 60.9 Å². The van der Waals surface area contributed by atoms with E-state index in [1.54, 1.807) is 0 Å². The molecule has 24 heavy (non-hydrogen) atoms.